The summed E-state index contributed by atoms with van der Waals surface area (Å²) >= 11 is 5.75. The summed E-state index contributed by atoms with van der Waals surface area (Å²) in [7, 11) is 0. The zero-order chi connectivity index (χ0) is 21.4. The Hall–Kier alpha value is -3.13. The summed E-state index contributed by atoms with van der Waals surface area (Å²) < 4.78 is 5.19. The van der Waals surface area contributed by atoms with E-state index in [1.807, 2.05) is 13.8 Å². The number of esters is 1. The van der Waals surface area contributed by atoms with Crippen LogP contribution in [-0.2, 0) is 16.1 Å². The number of hydrogen-bond acceptors (Lipinski definition) is 5. The first kappa shape index (κ1) is 22.2. The molecule has 2 rings (SSSR count). The van der Waals surface area contributed by atoms with Gasteiger partial charge in [-0.2, -0.15) is 0 Å². The minimum absolute atomic E-state index is 0.0433. The Morgan fingerprint density at radius 2 is 1.76 bits per heavy atom. The highest BCUT2D eigenvalue weighted by Gasteiger charge is 2.19. The van der Waals surface area contributed by atoms with E-state index >= 15 is 0 Å². The van der Waals surface area contributed by atoms with Gasteiger partial charge >= 0.3 is 12.0 Å². The first-order valence-corrected chi connectivity index (χ1v) is 9.39. The summed E-state index contributed by atoms with van der Waals surface area (Å²) in [5, 5.41) is 8.43. The highest BCUT2D eigenvalue weighted by molar-refractivity contribution is 6.30. The van der Waals surface area contributed by atoms with Crippen molar-refractivity contribution in [2.75, 3.05) is 5.32 Å². The van der Waals surface area contributed by atoms with Crippen LogP contribution in [0, 0.1) is 0 Å². The number of nitrogens with zero attached hydrogens (tertiary/aromatic N) is 1. The Kier molecular flexibility index (Phi) is 7.97. The van der Waals surface area contributed by atoms with Crippen molar-refractivity contribution in [1.29, 1.82) is 0 Å². The highest BCUT2D eigenvalue weighted by Crippen LogP contribution is 2.11. The van der Waals surface area contributed by atoms with Crippen molar-refractivity contribution in [2.45, 2.75) is 39.5 Å². The van der Waals surface area contributed by atoms with E-state index in [1.54, 1.807) is 36.4 Å². The molecule has 3 N–H and O–H groups in total. The van der Waals surface area contributed by atoms with Gasteiger partial charge < -0.3 is 20.7 Å². The lowest BCUT2D eigenvalue weighted by Gasteiger charge is -2.13. The molecule has 154 valence electrons. The van der Waals surface area contributed by atoms with Gasteiger partial charge in [0.15, 0.2) is 6.10 Å². The number of rotatable bonds is 7. The molecule has 1 aromatic heterocycles. The third-order valence-corrected chi connectivity index (χ3v) is 3.92. The number of benzene rings is 1. The molecule has 0 aliphatic heterocycles. The Morgan fingerprint density at radius 3 is 2.34 bits per heavy atom. The van der Waals surface area contributed by atoms with Gasteiger partial charge in [-0.3, -0.25) is 4.79 Å². The fraction of sp³-hybridized carbons (Fsp3) is 0.300. The number of halogens is 1. The number of nitrogens with one attached hydrogen (secondary N) is 3. The fourth-order valence-corrected chi connectivity index (χ4v) is 2.33. The van der Waals surface area contributed by atoms with Crippen molar-refractivity contribution in [3.05, 3.63) is 58.7 Å². The summed E-state index contributed by atoms with van der Waals surface area (Å²) in [6.45, 7) is 5.52. The van der Waals surface area contributed by atoms with Crippen molar-refractivity contribution >= 4 is 35.3 Å². The summed E-state index contributed by atoms with van der Waals surface area (Å²) in [5.74, 6) is -0.834. The molecule has 0 saturated heterocycles. The Balaban J connectivity index is 1.85. The number of carbonyl (C=O) groups is 3. The summed E-state index contributed by atoms with van der Waals surface area (Å²) in [4.78, 5) is 39.9. The van der Waals surface area contributed by atoms with Crippen LogP contribution in [-0.4, -0.2) is 35.0 Å². The predicted molar refractivity (Wildman–Crippen MR) is 110 cm³/mol. The van der Waals surface area contributed by atoms with Crippen molar-refractivity contribution in [3.8, 4) is 0 Å². The molecule has 0 aliphatic carbocycles. The lowest BCUT2D eigenvalue weighted by atomic mass is 10.1. The molecule has 1 heterocycles. The molecule has 3 amide bonds. The van der Waals surface area contributed by atoms with Crippen molar-refractivity contribution in [1.82, 2.24) is 15.6 Å². The van der Waals surface area contributed by atoms with Crippen molar-refractivity contribution in [3.63, 3.8) is 0 Å². The molecule has 29 heavy (non-hydrogen) atoms. The Labute approximate surface area is 174 Å². The van der Waals surface area contributed by atoms with Crippen LogP contribution in [0.2, 0.25) is 5.02 Å². The largest absolute Gasteiger partial charge is 0.449 e. The maximum atomic E-state index is 12.2. The zero-order valence-corrected chi connectivity index (χ0v) is 17.1. The van der Waals surface area contributed by atoms with E-state index in [0.717, 1.165) is 5.56 Å². The molecular weight excluding hydrogens is 396 g/mol. The third-order valence-electron chi connectivity index (χ3n) is 3.69. The quantitative estimate of drug-likeness (QED) is 0.598. The highest BCUT2D eigenvalue weighted by atomic mass is 35.5. The third kappa shape index (κ3) is 7.42. The average molecular weight is 419 g/mol. The fourth-order valence-electron chi connectivity index (χ4n) is 2.21. The molecule has 0 unspecified atom stereocenters. The number of ether oxygens (including phenoxy) is 1. The number of amides is 3. The number of anilines is 1. The van der Waals surface area contributed by atoms with Crippen LogP contribution in [0.4, 0.5) is 10.6 Å². The number of pyridine rings is 1. The molecule has 0 aliphatic rings. The molecule has 1 aromatic carbocycles. The minimum Gasteiger partial charge on any atom is -0.449 e. The number of carbonyl (C=O) groups excluding carboxylic acids is 3. The second-order valence-corrected chi connectivity index (χ2v) is 7.01. The smallest absolute Gasteiger partial charge is 0.338 e. The van der Waals surface area contributed by atoms with Crippen LogP contribution in [0.1, 0.15) is 36.7 Å². The first-order chi connectivity index (χ1) is 13.7. The predicted octanol–water partition coefficient (Wildman–Crippen LogP) is 3.13. The topological polar surface area (TPSA) is 109 Å². The van der Waals surface area contributed by atoms with Gasteiger partial charge in [0.2, 0.25) is 0 Å². The molecule has 2 aromatic rings. The van der Waals surface area contributed by atoms with Crippen LogP contribution >= 0.6 is 11.6 Å². The number of hydrogen-bond donors (Lipinski definition) is 3. The molecule has 1 atom stereocenters. The van der Waals surface area contributed by atoms with Gasteiger partial charge in [0, 0.05) is 18.8 Å². The van der Waals surface area contributed by atoms with E-state index in [0.29, 0.717) is 22.9 Å². The standard InChI is InChI=1S/C20H23ClN4O4/c1-12(2)24-20(28)23-10-14-4-6-15(7-5-14)19(27)29-13(3)18(26)25-17-9-8-16(21)11-22-17/h4-9,11-13H,10H2,1-3H3,(H,22,25,26)(H2,23,24,28)/t13-/m0/s1. The molecule has 9 heteroatoms. The van der Waals surface area contributed by atoms with E-state index in [4.69, 9.17) is 16.3 Å². The summed E-state index contributed by atoms with van der Waals surface area (Å²) in [6.07, 6.45) is 0.387. The molecule has 0 spiro atoms. The first-order valence-electron chi connectivity index (χ1n) is 9.01. The zero-order valence-electron chi connectivity index (χ0n) is 16.4. The monoisotopic (exact) mass is 418 g/mol. The van der Waals surface area contributed by atoms with Crippen LogP contribution in [0.25, 0.3) is 0 Å². The number of aromatic nitrogens is 1. The molecular formula is C20H23ClN4O4. The van der Waals surface area contributed by atoms with E-state index in [9.17, 15) is 14.4 Å². The van der Waals surface area contributed by atoms with E-state index < -0.39 is 18.0 Å². The van der Waals surface area contributed by atoms with E-state index in [1.165, 1.54) is 13.1 Å². The van der Waals surface area contributed by atoms with Crippen molar-refractivity contribution < 1.29 is 19.1 Å². The lowest BCUT2D eigenvalue weighted by molar-refractivity contribution is -0.123. The van der Waals surface area contributed by atoms with Gasteiger partial charge in [-0.25, -0.2) is 14.6 Å². The number of urea groups is 1. The second-order valence-electron chi connectivity index (χ2n) is 6.58. The average Bonchev–Trinajstić information content (AvgIpc) is 2.68. The van der Waals surface area contributed by atoms with Crippen LogP contribution in [0.3, 0.4) is 0 Å². The Bertz CT molecular complexity index is 854. The molecule has 0 bridgehead atoms. The molecule has 8 nitrogen and oxygen atoms in total. The summed E-state index contributed by atoms with van der Waals surface area (Å²) in [5.41, 5.74) is 1.12. The Morgan fingerprint density at radius 1 is 1.07 bits per heavy atom. The van der Waals surface area contributed by atoms with E-state index in [-0.39, 0.29) is 12.1 Å². The van der Waals surface area contributed by atoms with Crippen LogP contribution < -0.4 is 16.0 Å². The maximum Gasteiger partial charge on any atom is 0.338 e. The SMILES string of the molecule is CC(C)NC(=O)NCc1ccc(C(=O)O[C@@H](C)C(=O)Nc2ccc(Cl)cn2)cc1. The summed E-state index contributed by atoms with van der Waals surface area (Å²) in [6, 6.07) is 9.46. The van der Waals surface area contributed by atoms with Gasteiger partial charge in [0.25, 0.3) is 5.91 Å². The van der Waals surface area contributed by atoms with E-state index in [2.05, 4.69) is 20.9 Å². The maximum absolute atomic E-state index is 12.2. The normalized spacial score (nSPS) is 11.5. The van der Waals surface area contributed by atoms with Gasteiger partial charge in [-0.1, -0.05) is 23.7 Å². The molecule has 0 saturated carbocycles. The second kappa shape index (κ2) is 10.4. The van der Waals surface area contributed by atoms with Crippen LogP contribution in [0.15, 0.2) is 42.6 Å². The van der Waals surface area contributed by atoms with Gasteiger partial charge in [-0.15, -0.1) is 0 Å². The van der Waals surface area contributed by atoms with Crippen molar-refractivity contribution in [2.24, 2.45) is 0 Å². The minimum atomic E-state index is -1.01. The van der Waals surface area contributed by atoms with Gasteiger partial charge in [-0.05, 0) is 50.6 Å². The lowest BCUT2D eigenvalue weighted by Crippen LogP contribution is -2.39. The van der Waals surface area contributed by atoms with Gasteiger partial charge in [0.05, 0.1) is 10.6 Å². The van der Waals surface area contributed by atoms with Gasteiger partial charge in [0.1, 0.15) is 5.82 Å². The van der Waals surface area contributed by atoms with Crippen LogP contribution in [0.5, 0.6) is 0 Å². The molecule has 0 radical (unpaired) electrons. The molecule has 0 fully saturated rings.